The molecule has 0 N–H and O–H groups in total. The number of hydrogen-bond donors (Lipinski definition) is 0. The second-order valence-electron chi connectivity index (χ2n) is 7.59. The summed E-state index contributed by atoms with van der Waals surface area (Å²) in [7, 11) is -0.550. The van der Waals surface area contributed by atoms with Gasteiger partial charge < -0.3 is 23.4 Å². The molecule has 5 nitrogen and oxygen atoms in total. The summed E-state index contributed by atoms with van der Waals surface area (Å²) in [4.78, 5) is 11.5. The van der Waals surface area contributed by atoms with Crippen molar-refractivity contribution in [3.8, 4) is 0 Å². The van der Waals surface area contributed by atoms with E-state index in [0.29, 0.717) is 6.61 Å². The molecule has 0 spiro atoms. The highest BCUT2D eigenvalue weighted by atomic mass is 28.4. The molecule has 25 heavy (non-hydrogen) atoms. The third-order valence-electron chi connectivity index (χ3n) is 4.52. The van der Waals surface area contributed by atoms with E-state index >= 15 is 0 Å². The van der Waals surface area contributed by atoms with E-state index in [-0.39, 0.29) is 18.4 Å². The predicted octanol–water partition coefficient (Wildman–Crippen LogP) is 3.78. The molecule has 2 atom stereocenters. The molecule has 0 radical (unpaired) electrons. The quantitative estimate of drug-likeness (QED) is 0.338. The molecule has 1 aromatic carbocycles. The van der Waals surface area contributed by atoms with Gasteiger partial charge in [-0.3, -0.25) is 0 Å². The zero-order chi connectivity index (χ0) is 18.9. The van der Waals surface area contributed by atoms with Crippen molar-refractivity contribution in [2.45, 2.75) is 57.7 Å². The minimum Gasteiger partial charge on any atom is -0.408 e. The Morgan fingerprint density at radius 3 is 2.32 bits per heavy atom. The maximum Gasteiger partial charge on any atom is 0.192 e. The van der Waals surface area contributed by atoms with Crippen LogP contribution < -0.4 is 0 Å². The van der Waals surface area contributed by atoms with E-state index in [1.54, 1.807) is 0 Å². The van der Waals surface area contributed by atoms with Crippen LogP contribution >= 0.6 is 0 Å². The molecule has 0 unspecified atom stereocenters. The van der Waals surface area contributed by atoms with Gasteiger partial charge in [0, 0.05) is 7.11 Å². The number of hydrogen-bond acceptors (Lipinski definition) is 5. The Hall–Kier alpha value is -1.05. The molecule has 0 aromatic heterocycles. The van der Waals surface area contributed by atoms with Crippen LogP contribution in [0.1, 0.15) is 26.3 Å². The fourth-order valence-corrected chi connectivity index (χ4v) is 3.31. The lowest BCUT2D eigenvalue weighted by Gasteiger charge is -2.40. The molecule has 0 saturated carbocycles. The second-order valence-corrected chi connectivity index (χ2v) is 12.3. The Morgan fingerprint density at radius 2 is 1.80 bits per heavy atom. The van der Waals surface area contributed by atoms with Crippen molar-refractivity contribution in [1.82, 2.24) is 0 Å². The van der Waals surface area contributed by atoms with Crippen molar-refractivity contribution in [3.05, 3.63) is 35.9 Å². The highest BCUT2D eigenvalue weighted by molar-refractivity contribution is 6.74. The second kappa shape index (κ2) is 10.2. The Balaban J connectivity index is 2.77. The predicted molar refractivity (Wildman–Crippen MR) is 101 cm³/mol. The van der Waals surface area contributed by atoms with Gasteiger partial charge in [-0.25, -0.2) is 0 Å². The van der Waals surface area contributed by atoms with E-state index in [2.05, 4.69) is 33.9 Å². The van der Waals surface area contributed by atoms with E-state index in [1.807, 2.05) is 30.3 Å². The molecule has 0 saturated heterocycles. The number of benzene rings is 1. The van der Waals surface area contributed by atoms with Crippen molar-refractivity contribution in [2.24, 2.45) is 0 Å². The van der Waals surface area contributed by atoms with Gasteiger partial charge in [0.2, 0.25) is 0 Å². The molecule has 0 fully saturated rings. The summed E-state index contributed by atoms with van der Waals surface area (Å²) in [5, 5.41) is 0.0272. The molecule has 1 rings (SSSR count). The molecule has 6 heteroatoms. The third-order valence-corrected chi connectivity index (χ3v) is 9.03. The molecular weight excluding hydrogens is 336 g/mol. The summed E-state index contributed by atoms with van der Waals surface area (Å²) in [5.74, 6) is 0. The normalized spacial score (nSPS) is 15.0. The van der Waals surface area contributed by atoms with E-state index < -0.39 is 20.5 Å². The fraction of sp³-hybridized carbons (Fsp3) is 0.632. The summed E-state index contributed by atoms with van der Waals surface area (Å²) in [5.41, 5.74) is 1.08. The molecule has 0 bridgehead atoms. The Labute approximate surface area is 152 Å². The topological polar surface area (TPSA) is 54.0 Å². The Bertz CT molecular complexity index is 498. The number of carbonyl (C=O) groups excluding carboxylic acids is 1. The molecule has 0 heterocycles. The minimum atomic E-state index is -2.08. The maximum atomic E-state index is 11.5. The van der Waals surface area contributed by atoms with E-state index in [1.165, 1.54) is 7.11 Å². The largest absolute Gasteiger partial charge is 0.408 e. The number of carbonyl (C=O) groups is 1. The Morgan fingerprint density at radius 1 is 1.16 bits per heavy atom. The SMILES string of the molecule is COCO[C@H](C=O)[C@@H](COCc1ccccc1)O[Si](C)(C)C(C)(C)C. The molecule has 0 aliphatic heterocycles. The van der Waals surface area contributed by atoms with Gasteiger partial charge in [0.15, 0.2) is 14.6 Å². The number of aldehydes is 1. The van der Waals surface area contributed by atoms with E-state index in [4.69, 9.17) is 18.6 Å². The first kappa shape index (κ1) is 22.0. The van der Waals surface area contributed by atoms with Crippen LogP contribution in [0.4, 0.5) is 0 Å². The first-order chi connectivity index (χ1) is 11.7. The number of ether oxygens (including phenoxy) is 3. The first-order valence-corrected chi connectivity index (χ1v) is 11.5. The van der Waals surface area contributed by atoms with Crippen molar-refractivity contribution in [1.29, 1.82) is 0 Å². The average Bonchev–Trinajstić information content (AvgIpc) is 2.55. The van der Waals surface area contributed by atoms with Gasteiger partial charge in [-0.2, -0.15) is 0 Å². The summed E-state index contributed by atoms with van der Waals surface area (Å²) in [6.07, 6.45) is -0.412. The fourth-order valence-electron chi connectivity index (χ4n) is 2.00. The third kappa shape index (κ3) is 7.38. The number of rotatable bonds is 11. The van der Waals surface area contributed by atoms with E-state index in [9.17, 15) is 4.79 Å². The highest BCUT2D eigenvalue weighted by Crippen LogP contribution is 2.37. The standard InChI is InChI=1S/C19H32O5Si/c1-19(2,3)25(5,6)24-18(17(12-20)23-15-21-4)14-22-13-16-10-8-7-9-11-16/h7-12,17-18H,13-15H2,1-6H3/t17-,18-/m1/s1. The van der Waals surface area contributed by atoms with Crippen molar-refractivity contribution >= 4 is 14.6 Å². The molecule has 0 amide bonds. The van der Waals surface area contributed by atoms with Crippen LogP contribution in [0.3, 0.4) is 0 Å². The first-order valence-electron chi connectivity index (χ1n) is 8.56. The van der Waals surface area contributed by atoms with Crippen LogP contribution in [0, 0.1) is 0 Å². The van der Waals surface area contributed by atoms with Crippen LogP contribution in [-0.2, 0) is 30.0 Å². The van der Waals surface area contributed by atoms with Crippen molar-refractivity contribution in [3.63, 3.8) is 0 Å². The zero-order valence-electron chi connectivity index (χ0n) is 16.3. The van der Waals surface area contributed by atoms with Crippen molar-refractivity contribution in [2.75, 3.05) is 20.5 Å². The van der Waals surface area contributed by atoms with E-state index in [0.717, 1.165) is 11.8 Å². The van der Waals surface area contributed by atoms with Crippen LogP contribution in [-0.4, -0.2) is 47.3 Å². The lowest BCUT2D eigenvalue weighted by atomic mass is 10.2. The van der Waals surface area contributed by atoms with Crippen LogP contribution in [0.5, 0.6) is 0 Å². The lowest BCUT2D eigenvalue weighted by Crippen LogP contribution is -2.49. The smallest absolute Gasteiger partial charge is 0.192 e. The van der Waals surface area contributed by atoms with Gasteiger partial charge in [0.1, 0.15) is 19.0 Å². The van der Waals surface area contributed by atoms with Gasteiger partial charge in [0.25, 0.3) is 0 Å². The van der Waals surface area contributed by atoms with Crippen LogP contribution in [0.25, 0.3) is 0 Å². The molecule has 1 aromatic rings. The van der Waals surface area contributed by atoms with Gasteiger partial charge in [-0.05, 0) is 23.7 Å². The van der Waals surface area contributed by atoms with Gasteiger partial charge >= 0.3 is 0 Å². The van der Waals surface area contributed by atoms with Gasteiger partial charge in [-0.1, -0.05) is 51.1 Å². The van der Waals surface area contributed by atoms with Crippen LogP contribution in [0.2, 0.25) is 18.1 Å². The lowest BCUT2D eigenvalue weighted by molar-refractivity contribution is -0.144. The highest BCUT2D eigenvalue weighted by Gasteiger charge is 2.41. The van der Waals surface area contributed by atoms with Gasteiger partial charge in [0.05, 0.1) is 13.2 Å². The van der Waals surface area contributed by atoms with Gasteiger partial charge in [-0.15, -0.1) is 0 Å². The van der Waals surface area contributed by atoms with Crippen LogP contribution in [0.15, 0.2) is 30.3 Å². The summed E-state index contributed by atoms with van der Waals surface area (Å²) in [6.45, 7) is 11.6. The Kier molecular flexibility index (Phi) is 8.96. The number of methoxy groups -OCH3 is 1. The maximum absolute atomic E-state index is 11.5. The summed E-state index contributed by atoms with van der Waals surface area (Å²) in [6, 6.07) is 9.91. The summed E-state index contributed by atoms with van der Waals surface area (Å²) < 4.78 is 22.6. The molecular formula is C19H32O5Si. The summed E-state index contributed by atoms with van der Waals surface area (Å²) >= 11 is 0. The average molecular weight is 369 g/mol. The molecule has 0 aliphatic rings. The zero-order valence-corrected chi connectivity index (χ0v) is 17.3. The molecule has 142 valence electrons. The minimum absolute atomic E-state index is 0.0272. The molecule has 0 aliphatic carbocycles. The van der Waals surface area contributed by atoms with Crippen molar-refractivity contribution < 1.29 is 23.4 Å². The monoisotopic (exact) mass is 368 g/mol.